The Morgan fingerprint density at radius 2 is 1.75 bits per heavy atom. The summed E-state index contributed by atoms with van der Waals surface area (Å²) in [6.45, 7) is 0. The molecule has 1 aliphatic heterocycles. The molecular formula is C20H30O2S2. The van der Waals surface area contributed by atoms with Crippen molar-refractivity contribution in [3.63, 3.8) is 0 Å². The van der Waals surface area contributed by atoms with Crippen LogP contribution in [0.3, 0.4) is 0 Å². The summed E-state index contributed by atoms with van der Waals surface area (Å²) in [6, 6.07) is 10.7. The van der Waals surface area contributed by atoms with Crippen molar-refractivity contribution in [2.45, 2.75) is 50.7 Å². The minimum Gasteiger partial charge on any atom is -0.481 e. The topological polar surface area (TPSA) is 37.3 Å². The van der Waals surface area contributed by atoms with Crippen LogP contribution in [0.2, 0.25) is 0 Å². The summed E-state index contributed by atoms with van der Waals surface area (Å²) < 4.78 is 0. The molecule has 1 saturated heterocycles. The molecule has 2 nitrogen and oxygen atoms in total. The van der Waals surface area contributed by atoms with Crippen molar-refractivity contribution in [2.24, 2.45) is 11.8 Å². The first-order chi connectivity index (χ1) is 11.8. The zero-order valence-electron chi connectivity index (χ0n) is 14.5. The van der Waals surface area contributed by atoms with E-state index in [2.05, 4.69) is 53.9 Å². The van der Waals surface area contributed by atoms with Gasteiger partial charge in [0.2, 0.25) is 0 Å². The Bertz CT molecular complexity index is 464. The van der Waals surface area contributed by atoms with Crippen molar-refractivity contribution >= 4 is 29.5 Å². The molecule has 4 heteroatoms. The van der Waals surface area contributed by atoms with Gasteiger partial charge in [-0.1, -0.05) is 49.6 Å². The lowest BCUT2D eigenvalue weighted by Crippen LogP contribution is -2.13. The average molecular weight is 367 g/mol. The van der Waals surface area contributed by atoms with E-state index in [1.807, 2.05) is 0 Å². The highest BCUT2D eigenvalue weighted by Gasteiger charge is 2.26. The molecule has 0 aliphatic carbocycles. The Labute approximate surface area is 155 Å². The van der Waals surface area contributed by atoms with Crippen LogP contribution in [0.25, 0.3) is 0 Å². The maximum Gasteiger partial charge on any atom is 0.303 e. The van der Waals surface area contributed by atoms with E-state index in [0.717, 1.165) is 30.4 Å². The van der Waals surface area contributed by atoms with Gasteiger partial charge >= 0.3 is 5.97 Å². The van der Waals surface area contributed by atoms with E-state index >= 15 is 0 Å². The standard InChI is InChI=1S/C20H30O2S2/c21-20(22)11-7-2-1-6-10-18-15-24-16-19(18)12-13-23-14-17-8-4-3-5-9-17/h3-5,8-9,18-19H,1-2,6-7,10-16H2,(H,21,22)/t18-,19+/m0/s1. The van der Waals surface area contributed by atoms with Crippen LogP contribution in [0, 0.1) is 11.8 Å². The van der Waals surface area contributed by atoms with Gasteiger partial charge in [0, 0.05) is 12.2 Å². The molecule has 0 spiro atoms. The fraction of sp³-hybridized carbons (Fsp3) is 0.650. The van der Waals surface area contributed by atoms with Gasteiger partial charge < -0.3 is 5.11 Å². The van der Waals surface area contributed by atoms with E-state index < -0.39 is 5.97 Å². The van der Waals surface area contributed by atoms with Crippen molar-refractivity contribution in [2.75, 3.05) is 17.3 Å². The molecule has 0 radical (unpaired) electrons. The molecule has 1 aromatic carbocycles. The number of unbranched alkanes of at least 4 members (excludes halogenated alkanes) is 3. The number of thioether (sulfide) groups is 2. The maximum atomic E-state index is 10.5. The molecule has 1 fully saturated rings. The first-order valence-corrected chi connectivity index (χ1v) is 11.5. The van der Waals surface area contributed by atoms with Gasteiger partial charge in [-0.05, 0) is 53.9 Å². The molecular weight excluding hydrogens is 336 g/mol. The largest absolute Gasteiger partial charge is 0.481 e. The predicted molar refractivity (Wildman–Crippen MR) is 107 cm³/mol. The van der Waals surface area contributed by atoms with Gasteiger partial charge in [0.05, 0.1) is 0 Å². The van der Waals surface area contributed by atoms with E-state index in [0.29, 0.717) is 6.42 Å². The number of carboxylic acid groups (broad SMARTS) is 1. The predicted octanol–water partition coefficient (Wildman–Crippen LogP) is 5.71. The molecule has 1 aliphatic rings. The first-order valence-electron chi connectivity index (χ1n) is 9.17. The fourth-order valence-corrected chi connectivity index (χ4v) is 5.98. The Hall–Kier alpha value is -0.610. The fourth-order valence-electron chi connectivity index (χ4n) is 3.32. The van der Waals surface area contributed by atoms with Crippen LogP contribution in [0.4, 0.5) is 0 Å². The van der Waals surface area contributed by atoms with Crippen LogP contribution in [0.1, 0.15) is 50.5 Å². The number of rotatable bonds is 12. The second-order valence-electron chi connectivity index (χ2n) is 6.73. The second-order valence-corrected chi connectivity index (χ2v) is 8.91. The quantitative estimate of drug-likeness (QED) is 0.480. The minimum atomic E-state index is -0.657. The van der Waals surface area contributed by atoms with E-state index in [-0.39, 0.29) is 0 Å². The molecule has 0 saturated carbocycles. The molecule has 2 rings (SSSR count). The van der Waals surface area contributed by atoms with Crippen LogP contribution in [0.5, 0.6) is 0 Å². The normalized spacial score (nSPS) is 20.3. The van der Waals surface area contributed by atoms with Gasteiger partial charge in [0.15, 0.2) is 0 Å². The Balaban J connectivity index is 1.53. The lowest BCUT2D eigenvalue weighted by Gasteiger charge is -2.18. The molecule has 1 N–H and O–H groups in total. The average Bonchev–Trinajstić information content (AvgIpc) is 3.03. The van der Waals surface area contributed by atoms with Crippen molar-refractivity contribution < 1.29 is 9.90 Å². The number of hydrogen-bond acceptors (Lipinski definition) is 3. The number of aliphatic carboxylic acids is 1. The molecule has 0 amide bonds. The maximum absolute atomic E-state index is 10.5. The minimum absolute atomic E-state index is 0.334. The van der Waals surface area contributed by atoms with Crippen molar-refractivity contribution in [1.82, 2.24) is 0 Å². The summed E-state index contributed by atoms with van der Waals surface area (Å²) in [6.07, 6.45) is 7.42. The summed E-state index contributed by atoms with van der Waals surface area (Å²) in [4.78, 5) is 10.5. The highest BCUT2D eigenvalue weighted by atomic mass is 32.2. The summed E-state index contributed by atoms with van der Waals surface area (Å²) in [5.74, 6) is 6.22. The molecule has 1 heterocycles. The van der Waals surface area contributed by atoms with Gasteiger partial charge in [-0.3, -0.25) is 4.79 Å². The Morgan fingerprint density at radius 3 is 2.50 bits per heavy atom. The molecule has 0 aromatic heterocycles. The molecule has 0 unspecified atom stereocenters. The third-order valence-electron chi connectivity index (χ3n) is 4.79. The van der Waals surface area contributed by atoms with E-state index in [4.69, 9.17) is 5.11 Å². The smallest absolute Gasteiger partial charge is 0.303 e. The molecule has 0 bridgehead atoms. The van der Waals surface area contributed by atoms with Crippen LogP contribution >= 0.6 is 23.5 Å². The zero-order chi connectivity index (χ0) is 17.0. The number of carbonyl (C=O) groups is 1. The highest BCUT2D eigenvalue weighted by Crippen LogP contribution is 2.36. The number of benzene rings is 1. The van der Waals surface area contributed by atoms with Gasteiger partial charge in [0.25, 0.3) is 0 Å². The summed E-state index contributed by atoms with van der Waals surface area (Å²) in [7, 11) is 0. The van der Waals surface area contributed by atoms with Crippen LogP contribution in [-0.2, 0) is 10.5 Å². The second kappa shape index (κ2) is 11.9. The molecule has 134 valence electrons. The third-order valence-corrected chi connectivity index (χ3v) is 7.18. The van der Waals surface area contributed by atoms with Gasteiger partial charge in [0.1, 0.15) is 0 Å². The van der Waals surface area contributed by atoms with Gasteiger partial charge in [-0.25, -0.2) is 0 Å². The highest BCUT2D eigenvalue weighted by molar-refractivity contribution is 7.99. The first kappa shape index (κ1) is 19.7. The molecule has 24 heavy (non-hydrogen) atoms. The summed E-state index contributed by atoms with van der Waals surface area (Å²) in [5, 5.41) is 8.65. The van der Waals surface area contributed by atoms with E-state index in [1.165, 1.54) is 48.5 Å². The van der Waals surface area contributed by atoms with Crippen LogP contribution in [0.15, 0.2) is 30.3 Å². The lowest BCUT2D eigenvalue weighted by atomic mass is 9.89. The monoisotopic (exact) mass is 366 g/mol. The molecule has 1 aromatic rings. The van der Waals surface area contributed by atoms with Crippen molar-refractivity contribution in [1.29, 1.82) is 0 Å². The van der Waals surface area contributed by atoms with Crippen LogP contribution < -0.4 is 0 Å². The van der Waals surface area contributed by atoms with Crippen molar-refractivity contribution in [3.05, 3.63) is 35.9 Å². The number of carboxylic acids is 1. The van der Waals surface area contributed by atoms with Gasteiger partial charge in [-0.15, -0.1) is 0 Å². The molecule has 2 atom stereocenters. The zero-order valence-corrected chi connectivity index (χ0v) is 16.1. The SMILES string of the molecule is O=C(O)CCCCCC[C@H]1CSC[C@H]1CCSCc1ccccc1. The third kappa shape index (κ3) is 7.98. The van der Waals surface area contributed by atoms with E-state index in [9.17, 15) is 4.79 Å². The Morgan fingerprint density at radius 1 is 1.04 bits per heavy atom. The van der Waals surface area contributed by atoms with E-state index in [1.54, 1.807) is 0 Å². The van der Waals surface area contributed by atoms with Crippen LogP contribution in [-0.4, -0.2) is 28.3 Å². The number of hydrogen-bond donors (Lipinski definition) is 1. The van der Waals surface area contributed by atoms with Crippen molar-refractivity contribution in [3.8, 4) is 0 Å². The van der Waals surface area contributed by atoms with Gasteiger partial charge in [-0.2, -0.15) is 23.5 Å². The summed E-state index contributed by atoms with van der Waals surface area (Å²) in [5.41, 5.74) is 1.43. The summed E-state index contributed by atoms with van der Waals surface area (Å²) >= 11 is 4.20. The Kier molecular flexibility index (Phi) is 9.74. The lowest BCUT2D eigenvalue weighted by molar-refractivity contribution is -0.137.